The lowest BCUT2D eigenvalue weighted by Gasteiger charge is -2.31. The smallest absolute Gasteiger partial charge is 0.0596 e. The molecule has 0 aliphatic rings. The molecule has 0 unspecified atom stereocenters. The van der Waals surface area contributed by atoms with Gasteiger partial charge in [0, 0.05) is 18.2 Å². The van der Waals surface area contributed by atoms with E-state index in [1.165, 1.54) is 0 Å². The molecular weight excluding hydrogens is 216 g/mol. The van der Waals surface area contributed by atoms with Gasteiger partial charge in [0.2, 0.25) is 0 Å². The van der Waals surface area contributed by atoms with Crippen LogP contribution < -0.4 is 0 Å². The molecule has 4 nitrogen and oxygen atoms in total. The third kappa shape index (κ3) is 3.54. The van der Waals surface area contributed by atoms with E-state index in [1.807, 2.05) is 24.7 Å². The van der Waals surface area contributed by atoms with Crippen molar-refractivity contribution in [1.82, 2.24) is 9.78 Å². The number of hydrogen-bond acceptors (Lipinski definition) is 3. The highest BCUT2D eigenvalue weighted by Gasteiger charge is 2.31. The quantitative estimate of drug-likeness (QED) is 0.787. The van der Waals surface area contributed by atoms with E-state index >= 15 is 0 Å². The first-order chi connectivity index (χ1) is 7.92. The fourth-order valence-electron chi connectivity index (χ4n) is 2.44. The molecule has 0 aliphatic heterocycles. The summed E-state index contributed by atoms with van der Waals surface area (Å²) in [6, 6.07) is 2.01. The second-order valence-corrected chi connectivity index (χ2v) is 5.49. The van der Waals surface area contributed by atoms with E-state index in [1.54, 1.807) is 0 Å². The normalized spacial score (nSPS) is 12.4. The van der Waals surface area contributed by atoms with E-state index in [2.05, 4.69) is 18.9 Å². The lowest BCUT2D eigenvalue weighted by Crippen LogP contribution is -2.34. The molecule has 0 atom stereocenters. The van der Waals surface area contributed by atoms with Crippen molar-refractivity contribution in [3.63, 3.8) is 0 Å². The van der Waals surface area contributed by atoms with E-state index in [0.717, 1.165) is 17.8 Å². The highest BCUT2D eigenvalue weighted by molar-refractivity contribution is 5.11. The second kappa shape index (κ2) is 5.65. The van der Waals surface area contributed by atoms with E-state index in [4.69, 9.17) is 0 Å². The average Bonchev–Trinajstić information content (AvgIpc) is 2.55. The summed E-state index contributed by atoms with van der Waals surface area (Å²) >= 11 is 0. The number of nitrogens with zero attached hydrogens (tertiary/aromatic N) is 2. The van der Waals surface area contributed by atoms with Crippen LogP contribution in [0, 0.1) is 18.3 Å². The molecule has 0 amide bonds. The molecule has 0 aliphatic carbocycles. The summed E-state index contributed by atoms with van der Waals surface area (Å²) in [5, 5.41) is 23.5. The highest BCUT2D eigenvalue weighted by Crippen LogP contribution is 2.30. The Kier molecular flexibility index (Phi) is 4.71. The zero-order valence-electron chi connectivity index (χ0n) is 11.3. The third-order valence-electron chi connectivity index (χ3n) is 3.17. The van der Waals surface area contributed by atoms with Crippen LogP contribution in [0.15, 0.2) is 6.07 Å². The molecule has 1 aromatic heterocycles. The minimum atomic E-state index is -0.436. The van der Waals surface area contributed by atoms with Crippen LogP contribution in [0.1, 0.15) is 31.7 Å². The van der Waals surface area contributed by atoms with Crippen LogP contribution in [0.4, 0.5) is 0 Å². The van der Waals surface area contributed by atoms with E-state index in [9.17, 15) is 10.2 Å². The number of rotatable bonds is 6. The maximum atomic E-state index is 9.59. The Labute approximate surface area is 103 Å². The third-order valence-corrected chi connectivity index (χ3v) is 3.17. The minimum Gasteiger partial charge on any atom is -0.396 e. The summed E-state index contributed by atoms with van der Waals surface area (Å²) in [6.07, 6.45) is 1.47. The first-order valence-electron chi connectivity index (χ1n) is 6.13. The number of aryl methyl sites for hydroxylation is 2. The summed E-state index contributed by atoms with van der Waals surface area (Å²) in [6.45, 7) is 6.17. The van der Waals surface area contributed by atoms with Crippen molar-refractivity contribution in [3.05, 3.63) is 17.5 Å². The van der Waals surface area contributed by atoms with Crippen LogP contribution >= 0.6 is 0 Å². The van der Waals surface area contributed by atoms with Gasteiger partial charge >= 0.3 is 0 Å². The second-order valence-electron chi connectivity index (χ2n) is 5.49. The van der Waals surface area contributed by atoms with Crippen molar-refractivity contribution in [2.24, 2.45) is 18.4 Å². The van der Waals surface area contributed by atoms with Crippen LogP contribution in [-0.4, -0.2) is 33.2 Å². The monoisotopic (exact) mass is 240 g/mol. The van der Waals surface area contributed by atoms with E-state index in [0.29, 0.717) is 12.3 Å². The first kappa shape index (κ1) is 14.2. The summed E-state index contributed by atoms with van der Waals surface area (Å²) in [5.74, 6) is 0.448. The summed E-state index contributed by atoms with van der Waals surface area (Å²) in [7, 11) is 1.90. The van der Waals surface area contributed by atoms with Crippen LogP contribution in [0.3, 0.4) is 0 Å². The van der Waals surface area contributed by atoms with Crippen molar-refractivity contribution >= 4 is 0 Å². The van der Waals surface area contributed by atoms with Crippen molar-refractivity contribution in [1.29, 1.82) is 0 Å². The number of aromatic nitrogens is 2. The van der Waals surface area contributed by atoms with Crippen molar-refractivity contribution < 1.29 is 10.2 Å². The van der Waals surface area contributed by atoms with Gasteiger partial charge in [0.25, 0.3) is 0 Å². The fraction of sp³-hybridized carbons (Fsp3) is 0.769. The highest BCUT2D eigenvalue weighted by atomic mass is 16.3. The standard InChI is InChI=1S/C13H24N2O2/c1-10(2)6-13(8-16,9-17)7-12-5-11(3)14-15(12)4/h5,10,16-17H,6-9H2,1-4H3. The predicted octanol–water partition coefficient (Wildman–Crippen LogP) is 1.29. The maximum absolute atomic E-state index is 9.59. The van der Waals surface area contributed by atoms with Gasteiger partial charge in [-0.1, -0.05) is 13.8 Å². The Balaban J connectivity index is 2.89. The lowest BCUT2D eigenvalue weighted by molar-refractivity contribution is 0.0355. The van der Waals surface area contributed by atoms with Gasteiger partial charge < -0.3 is 10.2 Å². The van der Waals surface area contributed by atoms with E-state index < -0.39 is 5.41 Å². The van der Waals surface area contributed by atoms with Crippen molar-refractivity contribution in [3.8, 4) is 0 Å². The van der Waals surface area contributed by atoms with Gasteiger partial charge in [0.15, 0.2) is 0 Å². The summed E-state index contributed by atoms with van der Waals surface area (Å²) in [4.78, 5) is 0. The Hall–Kier alpha value is -0.870. The molecule has 1 rings (SSSR count). The van der Waals surface area contributed by atoms with Gasteiger partial charge in [-0.25, -0.2) is 0 Å². The Bertz CT molecular complexity index is 354. The SMILES string of the molecule is Cc1cc(CC(CO)(CO)CC(C)C)n(C)n1. The molecule has 4 heteroatoms. The molecule has 0 saturated carbocycles. The molecule has 0 radical (unpaired) electrons. The van der Waals surface area contributed by atoms with Crippen molar-refractivity contribution in [2.45, 2.75) is 33.6 Å². The van der Waals surface area contributed by atoms with Crippen LogP contribution in [0.5, 0.6) is 0 Å². The lowest BCUT2D eigenvalue weighted by atomic mass is 9.77. The number of hydrogen-bond donors (Lipinski definition) is 2. The summed E-state index contributed by atoms with van der Waals surface area (Å²) < 4.78 is 1.83. The number of aliphatic hydroxyl groups is 2. The molecule has 0 bridgehead atoms. The number of aliphatic hydroxyl groups excluding tert-OH is 2. The summed E-state index contributed by atoms with van der Waals surface area (Å²) in [5.41, 5.74) is 1.59. The first-order valence-corrected chi connectivity index (χ1v) is 6.13. The molecule has 0 spiro atoms. The van der Waals surface area contributed by atoms with Gasteiger partial charge in [-0.2, -0.15) is 5.10 Å². The molecule has 0 fully saturated rings. The van der Waals surface area contributed by atoms with Gasteiger partial charge in [-0.05, 0) is 31.7 Å². The van der Waals surface area contributed by atoms with Gasteiger partial charge in [-0.3, -0.25) is 4.68 Å². The maximum Gasteiger partial charge on any atom is 0.0596 e. The van der Waals surface area contributed by atoms with Crippen LogP contribution in [0.25, 0.3) is 0 Å². The molecule has 17 heavy (non-hydrogen) atoms. The van der Waals surface area contributed by atoms with Gasteiger partial charge in [0.1, 0.15) is 0 Å². The van der Waals surface area contributed by atoms with Crippen molar-refractivity contribution in [2.75, 3.05) is 13.2 Å². The molecule has 1 heterocycles. The van der Waals surface area contributed by atoms with E-state index in [-0.39, 0.29) is 13.2 Å². The Morgan fingerprint density at radius 2 is 1.94 bits per heavy atom. The van der Waals surface area contributed by atoms with Gasteiger partial charge in [-0.15, -0.1) is 0 Å². The fourth-order valence-corrected chi connectivity index (χ4v) is 2.44. The largest absolute Gasteiger partial charge is 0.396 e. The average molecular weight is 240 g/mol. The molecule has 1 aromatic rings. The molecule has 0 saturated heterocycles. The molecule has 2 N–H and O–H groups in total. The molecular formula is C13H24N2O2. The molecule has 0 aromatic carbocycles. The van der Waals surface area contributed by atoms with Crippen LogP contribution in [0.2, 0.25) is 0 Å². The minimum absolute atomic E-state index is 0.00586. The van der Waals surface area contributed by atoms with Gasteiger partial charge in [0.05, 0.1) is 18.9 Å². The topological polar surface area (TPSA) is 58.3 Å². The zero-order valence-corrected chi connectivity index (χ0v) is 11.3. The van der Waals surface area contributed by atoms with Crippen LogP contribution in [-0.2, 0) is 13.5 Å². The molecule has 98 valence electrons. The predicted molar refractivity (Wildman–Crippen MR) is 67.7 cm³/mol. The zero-order chi connectivity index (χ0) is 13.1. The Morgan fingerprint density at radius 1 is 1.35 bits per heavy atom. The Morgan fingerprint density at radius 3 is 2.29 bits per heavy atom.